The summed E-state index contributed by atoms with van der Waals surface area (Å²) in [6.45, 7) is 6.71. The molecule has 1 aliphatic carbocycles. The zero-order chi connectivity index (χ0) is 25.0. The maximum absolute atomic E-state index is 13.9. The first kappa shape index (κ1) is 23.2. The van der Waals surface area contributed by atoms with E-state index in [1.165, 1.54) is 13.2 Å². The normalized spacial score (nSPS) is 22.1. The fraction of sp³-hybridized carbons (Fsp3) is 0.464. The summed E-state index contributed by atoms with van der Waals surface area (Å²) in [4.78, 5) is 25.7. The quantitative estimate of drug-likeness (QED) is 0.535. The number of fused-ring (bicyclic) bond motifs is 1. The van der Waals surface area contributed by atoms with Gasteiger partial charge in [-0.05, 0) is 69.8 Å². The summed E-state index contributed by atoms with van der Waals surface area (Å²) in [7, 11) is 1.44. The lowest BCUT2D eigenvalue weighted by molar-refractivity contribution is 0.0940. The largest absolute Gasteiger partial charge is 0.494 e. The summed E-state index contributed by atoms with van der Waals surface area (Å²) in [5.74, 6) is -0.00400. The number of anilines is 1. The molecule has 188 valence electrons. The number of nitrogens with zero attached hydrogens (tertiary/aromatic N) is 3. The Bertz CT molecular complexity index is 1350. The molecule has 3 aromatic rings. The van der Waals surface area contributed by atoms with E-state index in [4.69, 9.17) is 14.7 Å². The molecule has 2 aliphatic heterocycles. The number of rotatable bonds is 6. The summed E-state index contributed by atoms with van der Waals surface area (Å²) in [5, 5.41) is 7.74. The standard InChI is InChI=1S/C28H32FN5O2/c1-16-12-20-25(24(32-16)18-4-5-18)30-14-21(26(20)34-11-9-28(15-34)8-10-31-28)27(35)33-17(2)19-6-7-22(29)23(13-19)36-3/h6-7,12-14,17-18,31H,4-5,8-11,15H2,1-3H3,(H,33,35)/t17-,28?/m0/s1. The van der Waals surface area contributed by atoms with Gasteiger partial charge in [0.05, 0.1) is 35.6 Å². The van der Waals surface area contributed by atoms with Crippen molar-refractivity contribution in [1.29, 1.82) is 0 Å². The van der Waals surface area contributed by atoms with Crippen molar-refractivity contribution in [2.45, 2.75) is 57.0 Å². The van der Waals surface area contributed by atoms with Crippen LogP contribution in [-0.2, 0) is 0 Å². The molecule has 1 amide bonds. The summed E-state index contributed by atoms with van der Waals surface area (Å²) in [5.41, 5.74) is 5.34. The van der Waals surface area contributed by atoms with E-state index in [1.807, 2.05) is 13.8 Å². The van der Waals surface area contributed by atoms with Crippen molar-refractivity contribution >= 4 is 22.5 Å². The Morgan fingerprint density at radius 3 is 2.78 bits per heavy atom. The number of amides is 1. The van der Waals surface area contributed by atoms with Gasteiger partial charge in [-0.15, -0.1) is 0 Å². The number of halogens is 1. The third-order valence-electron chi connectivity index (χ3n) is 7.99. The monoisotopic (exact) mass is 489 g/mol. The van der Waals surface area contributed by atoms with Crippen molar-refractivity contribution in [1.82, 2.24) is 20.6 Å². The molecule has 1 saturated carbocycles. The van der Waals surface area contributed by atoms with E-state index in [1.54, 1.807) is 18.3 Å². The van der Waals surface area contributed by atoms with Crippen LogP contribution in [0.1, 0.15) is 71.9 Å². The number of benzene rings is 1. The van der Waals surface area contributed by atoms with Gasteiger partial charge >= 0.3 is 0 Å². The average molecular weight is 490 g/mol. The Morgan fingerprint density at radius 2 is 2.11 bits per heavy atom. The molecule has 3 aliphatic rings. The van der Waals surface area contributed by atoms with Crippen LogP contribution in [0.15, 0.2) is 30.5 Å². The Kier molecular flexibility index (Phi) is 5.59. The van der Waals surface area contributed by atoms with Gasteiger partial charge in [-0.25, -0.2) is 4.39 Å². The maximum Gasteiger partial charge on any atom is 0.255 e. The number of nitrogens with one attached hydrogen (secondary N) is 2. The van der Waals surface area contributed by atoms with E-state index < -0.39 is 5.82 Å². The number of carbonyl (C=O) groups excluding carboxylic acids is 1. The topological polar surface area (TPSA) is 79.4 Å². The third kappa shape index (κ3) is 3.97. The molecule has 7 nitrogen and oxygen atoms in total. The molecule has 4 heterocycles. The lowest BCUT2D eigenvalue weighted by Crippen LogP contribution is -2.58. The van der Waals surface area contributed by atoms with Crippen molar-refractivity contribution < 1.29 is 13.9 Å². The van der Waals surface area contributed by atoms with Gasteiger partial charge in [0.1, 0.15) is 0 Å². The Morgan fingerprint density at radius 1 is 1.31 bits per heavy atom. The Hall–Kier alpha value is -3.26. The highest BCUT2D eigenvalue weighted by Gasteiger charge is 2.44. The lowest BCUT2D eigenvalue weighted by Gasteiger charge is -2.40. The highest BCUT2D eigenvalue weighted by molar-refractivity contribution is 6.08. The molecule has 2 saturated heterocycles. The molecule has 1 spiro atoms. The molecule has 1 aromatic carbocycles. The molecule has 1 unspecified atom stereocenters. The van der Waals surface area contributed by atoms with Crippen LogP contribution in [0.3, 0.4) is 0 Å². The minimum atomic E-state index is -0.427. The molecule has 2 N–H and O–H groups in total. The Balaban J connectivity index is 1.40. The van der Waals surface area contributed by atoms with Gasteiger partial charge in [0.25, 0.3) is 5.91 Å². The molecule has 0 radical (unpaired) electrons. The molecular weight excluding hydrogens is 457 g/mol. The molecule has 2 atom stereocenters. The number of ether oxygens (including phenoxy) is 1. The number of hydrogen-bond donors (Lipinski definition) is 2. The number of aromatic nitrogens is 2. The SMILES string of the molecule is COc1cc([C@H](C)NC(=O)c2cnc3c(C4CC4)nc(C)cc3c2N2CCC3(CCN3)C2)ccc1F. The highest BCUT2D eigenvalue weighted by atomic mass is 19.1. The van der Waals surface area contributed by atoms with Crippen LogP contribution in [0, 0.1) is 12.7 Å². The van der Waals surface area contributed by atoms with Crippen molar-refractivity contribution in [2.24, 2.45) is 0 Å². The van der Waals surface area contributed by atoms with E-state index in [-0.39, 0.29) is 23.2 Å². The van der Waals surface area contributed by atoms with Gasteiger partial charge < -0.3 is 20.3 Å². The summed E-state index contributed by atoms with van der Waals surface area (Å²) in [6, 6.07) is 6.41. The first-order chi connectivity index (χ1) is 17.4. The van der Waals surface area contributed by atoms with E-state index in [9.17, 15) is 9.18 Å². The van der Waals surface area contributed by atoms with Crippen LogP contribution in [-0.4, -0.2) is 48.2 Å². The van der Waals surface area contributed by atoms with Gasteiger partial charge in [-0.1, -0.05) is 6.07 Å². The molecule has 36 heavy (non-hydrogen) atoms. The van der Waals surface area contributed by atoms with E-state index in [2.05, 4.69) is 21.6 Å². The van der Waals surface area contributed by atoms with Gasteiger partial charge in [-0.3, -0.25) is 14.8 Å². The summed E-state index contributed by atoms with van der Waals surface area (Å²) in [6.07, 6.45) is 6.21. The van der Waals surface area contributed by atoms with Gasteiger partial charge in [0.2, 0.25) is 0 Å². The summed E-state index contributed by atoms with van der Waals surface area (Å²) >= 11 is 0. The molecule has 8 heteroatoms. The minimum Gasteiger partial charge on any atom is -0.494 e. The number of carbonyl (C=O) groups is 1. The van der Waals surface area contributed by atoms with E-state index in [0.29, 0.717) is 11.5 Å². The predicted molar refractivity (Wildman–Crippen MR) is 137 cm³/mol. The Labute approximate surface area is 210 Å². The van der Waals surface area contributed by atoms with Crippen LogP contribution < -0.4 is 20.3 Å². The first-order valence-electron chi connectivity index (χ1n) is 12.8. The zero-order valence-electron chi connectivity index (χ0n) is 21.0. The number of hydrogen-bond acceptors (Lipinski definition) is 6. The van der Waals surface area contributed by atoms with Crippen molar-refractivity contribution in [3.05, 3.63) is 58.8 Å². The lowest BCUT2D eigenvalue weighted by atomic mass is 9.87. The molecule has 3 fully saturated rings. The van der Waals surface area contributed by atoms with Crippen LogP contribution in [0.25, 0.3) is 10.9 Å². The molecule has 0 bridgehead atoms. The molecule has 2 aromatic heterocycles. The second kappa shape index (κ2) is 8.69. The predicted octanol–water partition coefficient (Wildman–Crippen LogP) is 4.40. The fourth-order valence-electron chi connectivity index (χ4n) is 5.68. The van der Waals surface area contributed by atoms with E-state index in [0.717, 1.165) is 78.9 Å². The second-order valence-corrected chi connectivity index (χ2v) is 10.6. The number of methoxy groups -OCH3 is 1. The van der Waals surface area contributed by atoms with E-state index >= 15 is 0 Å². The van der Waals surface area contributed by atoms with Crippen LogP contribution in [0.2, 0.25) is 0 Å². The third-order valence-corrected chi connectivity index (χ3v) is 7.99. The zero-order valence-corrected chi connectivity index (χ0v) is 21.0. The number of pyridine rings is 2. The molecular formula is C28H32FN5O2. The second-order valence-electron chi connectivity index (χ2n) is 10.6. The van der Waals surface area contributed by atoms with Crippen molar-refractivity contribution in [2.75, 3.05) is 31.6 Å². The smallest absolute Gasteiger partial charge is 0.255 e. The van der Waals surface area contributed by atoms with Crippen molar-refractivity contribution in [3.8, 4) is 5.75 Å². The first-order valence-corrected chi connectivity index (χ1v) is 12.8. The molecule has 6 rings (SSSR count). The van der Waals surface area contributed by atoms with Gasteiger partial charge in [0, 0.05) is 41.8 Å². The van der Waals surface area contributed by atoms with Crippen molar-refractivity contribution in [3.63, 3.8) is 0 Å². The van der Waals surface area contributed by atoms with Gasteiger partial charge in [-0.2, -0.15) is 0 Å². The van der Waals surface area contributed by atoms with Gasteiger partial charge in [0.15, 0.2) is 11.6 Å². The van der Waals surface area contributed by atoms with Crippen LogP contribution in [0.4, 0.5) is 10.1 Å². The minimum absolute atomic E-state index is 0.142. The van der Waals surface area contributed by atoms with Crippen LogP contribution in [0.5, 0.6) is 5.75 Å². The number of aryl methyl sites for hydroxylation is 1. The maximum atomic E-state index is 13.9. The average Bonchev–Trinajstić information content (AvgIpc) is 3.59. The summed E-state index contributed by atoms with van der Waals surface area (Å²) < 4.78 is 19.0. The van der Waals surface area contributed by atoms with Crippen LogP contribution >= 0.6 is 0 Å². The fourth-order valence-corrected chi connectivity index (χ4v) is 5.68. The highest BCUT2D eigenvalue weighted by Crippen LogP contribution is 2.44.